The predicted octanol–water partition coefficient (Wildman–Crippen LogP) is -0.0539. The van der Waals surface area contributed by atoms with Gasteiger partial charge in [0.1, 0.15) is 5.50 Å². The summed E-state index contributed by atoms with van der Waals surface area (Å²) in [7, 11) is 3.63. The number of nitrogens with one attached hydrogen (secondary N) is 4. The highest BCUT2D eigenvalue weighted by Crippen LogP contribution is 2.33. The molecule has 4 N–H and O–H groups in total. The largest absolute Gasteiger partial charge is 0.349 e. The van der Waals surface area contributed by atoms with E-state index in [4.69, 9.17) is 0 Å². The molecule has 0 aromatic rings. The second-order valence-electron chi connectivity index (χ2n) is 6.16. The Morgan fingerprint density at radius 2 is 2.10 bits per heavy atom. The van der Waals surface area contributed by atoms with Crippen LogP contribution < -0.4 is 21.5 Å². The average molecular weight is 332 g/mol. The third kappa shape index (κ3) is 4.49. The molecule has 21 heavy (non-hydrogen) atoms. The standard InChI is InChI=1S/C13H25N5OS2/c1-18(2)11(19)5-10-14-9(6-20-10)7-21-13-15-12(16-17-13)8-3-4-8/h8-10,12-17H,3-7H2,1-2H3. The predicted molar refractivity (Wildman–Crippen MR) is 88.6 cm³/mol. The lowest BCUT2D eigenvalue weighted by atomic mass is 10.3. The lowest BCUT2D eigenvalue weighted by Crippen LogP contribution is -2.37. The van der Waals surface area contributed by atoms with Gasteiger partial charge in [-0.1, -0.05) is 0 Å². The second kappa shape index (κ2) is 7.06. The van der Waals surface area contributed by atoms with E-state index in [2.05, 4.69) is 21.5 Å². The maximum Gasteiger partial charge on any atom is 0.224 e. The van der Waals surface area contributed by atoms with Gasteiger partial charge in [0.15, 0.2) is 0 Å². The van der Waals surface area contributed by atoms with Crippen molar-refractivity contribution in [3.63, 3.8) is 0 Å². The molecular weight excluding hydrogens is 306 g/mol. The van der Waals surface area contributed by atoms with E-state index in [0.717, 1.165) is 17.4 Å². The van der Waals surface area contributed by atoms with Gasteiger partial charge in [0, 0.05) is 31.6 Å². The van der Waals surface area contributed by atoms with Crippen LogP contribution in [0, 0.1) is 5.92 Å². The summed E-state index contributed by atoms with van der Waals surface area (Å²) >= 11 is 3.77. The third-order valence-corrected chi connectivity index (χ3v) is 6.52. The molecule has 0 aromatic heterocycles. The van der Waals surface area contributed by atoms with Crippen molar-refractivity contribution in [1.82, 2.24) is 26.4 Å². The highest BCUT2D eigenvalue weighted by molar-refractivity contribution is 8.01. The number of thioether (sulfide) groups is 2. The number of carbonyl (C=O) groups excluding carboxylic acids is 1. The highest BCUT2D eigenvalue weighted by atomic mass is 32.2. The van der Waals surface area contributed by atoms with Gasteiger partial charge in [-0.25, -0.2) is 10.9 Å². The lowest BCUT2D eigenvalue weighted by molar-refractivity contribution is -0.128. The van der Waals surface area contributed by atoms with Crippen molar-refractivity contribution in [2.45, 2.75) is 42.3 Å². The molecular formula is C13H25N5OS2. The van der Waals surface area contributed by atoms with E-state index in [9.17, 15) is 4.79 Å². The van der Waals surface area contributed by atoms with Gasteiger partial charge in [0.2, 0.25) is 5.91 Å². The molecule has 120 valence electrons. The van der Waals surface area contributed by atoms with Crippen LogP contribution in [0.1, 0.15) is 19.3 Å². The van der Waals surface area contributed by atoms with E-state index in [-0.39, 0.29) is 11.3 Å². The van der Waals surface area contributed by atoms with Gasteiger partial charge in [-0.05, 0) is 18.8 Å². The van der Waals surface area contributed by atoms with Gasteiger partial charge in [0.05, 0.1) is 18.0 Å². The highest BCUT2D eigenvalue weighted by Gasteiger charge is 2.36. The maximum atomic E-state index is 11.7. The fourth-order valence-electron chi connectivity index (χ4n) is 2.54. The van der Waals surface area contributed by atoms with E-state index >= 15 is 0 Å². The number of rotatable bonds is 6. The molecule has 0 radical (unpaired) electrons. The Hall–Kier alpha value is 0.01000. The first kappa shape index (κ1) is 15.9. The SMILES string of the molecule is CN(C)C(=O)CC1NC(CSC2NNC(C3CC3)N2)CS1. The number of hydrogen-bond donors (Lipinski definition) is 4. The fourth-order valence-corrected chi connectivity index (χ4v) is 4.95. The second-order valence-corrected chi connectivity index (χ2v) is 8.54. The Morgan fingerprint density at radius 1 is 1.29 bits per heavy atom. The van der Waals surface area contributed by atoms with Crippen LogP contribution in [-0.4, -0.2) is 59.5 Å². The van der Waals surface area contributed by atoms with Crippen molar-refractivity contribution in [3.05, 3.63) is 0 Å². The summed E-state index contributed by atoms with van der Waals surface area (Å²) < 4.78 is 0. The third-order valence-electron chi connectivity index (χ3n) is 4.04. The average Bonchev–Trinajstić information content (AvgIpc) is 3.03. The fraction of sp³-hybridized carbons (Fsp3) is 0.923. The quantitative estimate of drug-likeness (QED) is 0.544. The van der Waals surface area contributed by atoms with E-state index in [1.165, 1.54) is 12.8 Å². The van der Waals surface area contributed by atoms with Crippen LogP contribution in [0.4, 0.5) is 0 Å². The molecule has 2 saturated heterocycles. The molecule has 0 spiro atoms. The molecule has 4 unspecified atom stereocenters. The maximum absolute atomic E-state index is 11.7. The number of hydrogen-bond acceptors (Lipinski definition) is 7. The van der Waals surface area contributed by atoms with Gasteiger partial charge in [0.25, 0.3) is 0 Å². The van der Waals surface area contributed by atoms with Crippen LogP contribution in [0.3, 0.4) is 0 Å². The lowest BCUT2D eigenvalue weighted by Gasteiger charge is -2.17. The summed E-state index contributed by atoms with van der Waals surface area (Å²) in [4.78, 5) is 13.4. The van der Waals surface area contributed by atoms with Gasteiger partial charge >= 0.3 is 0 Å². The molecule has 2 aliphatic heterocycles. The van der Waals surface area contributed by atoms with Crippen LogP contribution in [0.15, 0.2) is 0 Å². The van der Waals surface area contributed by atoms with Crippen molar-refractivity contribution in [2.75, 3.05) is 25.6 Å². The first-order valence-electron chi connectivity index (χ1n) is 7.58. The van der Waals surface area contributed by atoms with Crippen molar-refractivity contribution in [3.8, 4) is 0 Å². The van der Waals surface area contributed by atoms with Gasteiger partial charge in [-0.2, -0.15) is 0 Å². The summed E-state index contributed by atoms with van der Waals surface area (Å²) in [5.74, 6) is 3.15. The number of hydrazine groups is 1. The van der Waals surface area contributed by atoms with Crippen molar-refractivity contribution < 1.29 is 4.79 Å². The molecule has 3 fully saturated rings. The van der Waals surface area contributed by atoms with Crippen molar-refractivity contribution in [1.29, 1.82) is 0 Å². The molecule has 1 amide bonds. The summed E-state index contributed by atoms with van der Waals surface area (Å²) in [6.45, 7) is 0. The zero-order valence-electron chi connectivity index (χ0n) is 12.6. The topological polar surface area (TPSA) is 68.4 Å². The Kier molecular flexibility index (Phi) is 5.34. The van der Waals surface area contributed by atoms with E-state index in [0.29, 0.717) is 24.1 Å². The van der Waals surface area contributed by atoms with E-state index in [1.54, 1.807) is 4.90 Å². The number of carbonyl (C=O) groups is 1. The minimum atomic E-state index is 0.198. The van der Waals surface area contributed by atoms with Gasteiger partial charge in [-0.15, -0.1) is 23.5 Å². The molecule has 1 saturated carbocycles. The zero-order chi connectivity index (χ0) is 14.8. The number of amides is 1. The first-order valence-corrected chi connectivity index (χ1v) is 9.68. The molecule has 8 heteroatoms. The van der Waals surface area contributed by atoms with Gasteiger partial charge < -0.3 is 10.2 Å². The molecule has 6 nitrogen and oxygen atoms in total. The molecule has 0 bridgehead atoms. The Morgan fingerprint density at radius 3 is 2.81 bits per heavy atom. The summed E-state index contributed by atoms with van der Waals surface area (Å²) in [5.41, 5.74) is 6.95. The molecule has 3 aliphatic rings. The summed E-state index contributed by atoms with van der Waals surface area (Å²) in [5, 5.41) is 7.42. The molecule has 1 aliphatic carbocycles. The zero-order valence-corrected chi connectivity index (χ0v) is 14.2. The first-order chi connectivity index (χ1) is 10.1. The Bertz CT molecular complexity index is 380. The summed E-state index contributed by atoms with van der Waals surface area (Å²) in [6.07, 6.45) is 3.71. The Labute approximate surface area is 134 Å². The molecule has 4 atom stereocenters. The van der Waals surface area contributed by atoms with Crippen LogP contribution in [0.25, 0.3) is 0 Å². The van der Waals surface area contributed by atoms with Gasteiger partial charge in [-0.3, -0.25) is 10.1 Å². The smallest absolute Gasteiger partial charge is 0.224 e. The number of nitrogens with zero attached hydrogens (tertiary/aromatic N) is 1. The monoisotopic (exact) mass is 331 g/mol. The van der Waals surface area contributed by atoms with Crippen LogP contribution in [0.2, 0.25) is 0 Å². The van der Waals surface area contributed by atoms with Crippen molar-refractivity contribution in [2.24, 2.45) is 5.92 Å². The van der Waals surface area contributed by atoms with Crippen LogP contribution >= 0.6 is 23.5 Å². The van der Waals surface area contributed by atoms with E-state index in [1.807, 2.05) is 37.6 Å². The molecule has 2 heterocycles. The molecule has 3 rings (SSSR count). The van der Waals surface area contributed by atoms with Crippen LogP contribution in [-0.2, 0) is 4.79 Å². The van der Waals surface area contributed by atoms with E-state index < -0.39 is 0 Å². The minimum absolute atomic E-state index is 0.198. The minimum Gasteiger partial charge on any atom is -0.349 e. The Balaban J connectivity index is 1.32. The normalized spacial score (nSPS) is 36.1. The molecule has 0 aromatic carbocycles. The van der Waals surface area contributed by atoms with Crippen molar-refractivity contribution >= 4 is 29.4 Å². The summed E-state index contributed by atoms with van der Waals surface area (Å²) in [6, 6.07) is 0.489. The van der Waals surface area contributed by atoms with Crippen LogP contribution in [0.5, 0.6) is 0 Å².